The second-order valence-corrected chi connectivity index (χ2v) is 6.23. The summed E-state index contributed by atoms with van der Waals surface area (Å²) in [4.78, 5) is 25.3. The standard InChI is InChI=1S/C15H27N3O2.ClH/c1-11(19)18-7-5-12(6-8-18)10-17-15(20)14-4-2-3-13(14)9-16;/h12-14H,2-10,16H2,1H3,(H,17,20);1H/t13-,14-;/m1./s1. The largest absolute Gasteiger partial charge is 0.356 e. The molecule has 0 aromatic carbocycles. The Hall–Kier alpha value is -0.810. The molecule has 2 aliphatic rings. The first-order chi connectivity index (χ1) is 9.61. The van der Waals surface area contributed by atoms with Crippen molar-refractivity contribution >= 4 is 24.2 Å². The Morgan fingerprint density at radius 2 is 1.86 bits per heavy atom. The molecule has 2 rings (SSSR count). The van der Waals surface area contributed by atoms with Gasteiger partial charge >= 0.3 is 0 Å². The normalized spacial score (nSPS) is 26.3. The van der Waals surface area contributed by atoms with E-state index < -0.39 is 0 Å². The minimum Gasteiger partial charge on any atom is -0.356 e. The van der Waals surface area contributed by atoms with Crippen LogP contribution in [0.1, 0.15) is 39.0 Å². The molecule has 2 fully saturated rings. The van der Waals surface area contributed by atoms with E-state index in [1.807, 2.05) is 4.90 Å². The maximum atomic E-state index is 12.2. The number of carbonyl (C=O) groups is 2. The zero-order valence-electron chi connectivity index (χ0n) is 12.8. The molecule has 21 heavy (non-hydrogen) atoms. The molecule has 1 aliphatic heterocycles. The lowest BCUT2D eigenvalue weighted by atomic mass is 9.93. The average molecular weight is 318 g/mol. The summed E-state index contributed by atoms with van der Waals surface area (Å²) in [7, 11) is 0. The highest BCUT2D eigenvalue weighted by Gasteiger charge is 2.32. The van der Waals surface area contributed by atoms with Gasteiger partial charge in [-0.25, -0.2) is 0 Å². The molecule has 1 aliphatic carbocycles. The summed E-state index contributed by atoms with van der Waals surface area (Å²) in [5, 5.41) is 3.10. The second-order valence-electron chi connectivity index (χ2n) is 6.23. The number of likely N-dealkylation sites (tertiary alicyclic amines) is 1. The highest BCUT2D eigenvalue weighted by atomic mass is 35.5. The van der Waals surface area contributed by atoms with Crippen molar-refractivity contribution in [3.63, 3.8) is 0 Å². The topological polar surface area (TPSA) is 75.4 Å². The fourth-order valence-electron chi connectivity index (χ4n) is 3.49. The molecule has 3 N–H and O–H groups in total. The van der Waals surface area contributed by atoms with Gasteiger partial charge in [0, 0.05) is 32.5 Å². The predicted octanol–water partition coefficient (Wildman–Crippen LogP) is 1.16. The number of nitrogens with one attached hydrogen (secondary N) is 1. The molecule has 1 saturated carbocycles. The zero-order chi connectivity index (χ0) is 14.5. The number of amides is 2. The Labute approximate surface area is 133 Å². The molecule has 5 nitrogen and oxygen atoms in total. The van der Waals surface area contributed by atoms with Gasteiger partial charge in [-0.2, -0.15) is 0 Å². The second kappa shape index (κ2) is 8.59. The molecule has 0 bridgehead atoms. The van der Waals surface area contributed by atoms with Crippen LogP contribution in [-0.4, -0.2) is 42.9 Å². The van der Waals surface area contributed by atoms with Crippen molar-refractivity contribution in [2.75, 3.05) is 26.2 Å². The number of hydrogen-bond donors (Lipinski definition) is 2. The highest BCUT2D eigenvalue weighted by molar-refractivity contribution is 5.85. The van der Waals surface area contributed by atoms with Gasteiger partial charge < -0.3 is 16.0 Å². The van der Waals surface area contributed by atoms with E-state index in [0.717, 1.165) is 51.7 Å². The number of rotatable bonds is 4. The highest BCUT2D eigenvalue weighted by Crippen LogP contribution is 2.31. The molecule has 0 unspecified atom stereocenters. The van der Waals surface area contributed by atoms with Gasteiger partial charge in [-0.3, -0.25) is 9.59 Å². The van der Waals surface area contributed by atoms with Crippen molar-refractivity contribution in [1.29, 1.82) is 0 Å². The first-order valence-corrected chi connectivity index (χ1v) is 7.85. The van der Waals surface area contributed by atoms with Crippen molar-refractivity contribution in [3.8, 4) is 0 Å². The lowest BCUT2D eigenvalue weighted by Crippen LogP contribution is -2.42. The average Bonchev–Trinajstić information content (AvgIpc) is 2.93. The van der Waals surface area contributed by atoms with Crippen LogP contribution in [0, 0.1) is 17.8 Å². The van der Waals surface area contributed by atoms with Crippen molar-refractivity contribution in [1.82, 2.24) is 10.2 Å². The van der Waals surface area contributed by atoms with Gasteiger partial charge in [-0.1, -0.05) is 6.42 Å². The molecule has 1 heterocycles. The van der Waals surface area contributed by atoms with E-state index in [1.165, 1.54) is 0 Å². The molecule has 0 radical (unpaired) electrons. The van der Waals surface area contributed by atoms with E-state index in [-0.39, 0.29) is 30.1 Å². The van der Waals surface area contributed by atoms with Crippen molar-refractivity contribution in [3.05, 3.63) is 0 Å². The van der Waals surface area contributed by atoms with Gasteiger partial charge in [0.15, 0.2) is 0 Å². The third-order valence-corrected chi connectivity index (χ3v) is 4.92. The van der Waals surface area contributed by atoms with Gasteiger partial charge in [0.1, 0.15) is 0 Å². The van der Waals surface area contributed by atoms with Gasteiger partial charge in [-0.05, 0) is 44.1 Å². The van der Waals surface area contributed by atoms with E-state index in [9.17, 15) is 9.59 Å². The Kier molecular flexibility index (Phi) is 7.46. The van der Waals surface area contributed by atoms with Crippen molar-refractivity contribution in [2.24, 2.45) is 23.5 Å². The maximum absolute atomic E-state index is 12.2. The Bertz CT molecular complexity index is 357. The molecule has 1 saturated heterocycles. The quantitative estimate of drug-likeness (QED) is 0.817. The van der Waals surface area contributed by atoms with Crippen LogP contribution in [0.3, 0.4) is 0 Å². The molecule has 2 atom stereocenters. The number of piperidine rings is 1. The van der Waals surface area contributed by atoms with Gasteiger partial charge in [0.05, 0.1) is 0 Å². The minimum absolute atomic E-state index is 0. The molecular weight excluding hydrogens is 290 g/mol. The summed E-state index contributed by atoms with van der Waals surface area (Å²) in [6, 6.07) is 0. The maximum Gasteiger partial charge on any atom is 0.223 e. The lowest BCUT2D eigenvalue weighted by Gasteiger charge is -2.31. The molecule has 0 spiro atoms. The van der Waals surface area contributed by atoms with Crippen molar-refractivity contribution < 1.29 is 9.59 Å². The van der Waals surface area contributed by atoms with Crippen LogP contribution < -0.4 is 11.1 Å². The van der Waals surface area contributed by atoms with Crippen LogP contribution in [-0.2, 0) is 9.59 Å². The molecule has 0 aromatic rings. The van der Waals surface area contributed by atoms with E-state index in [1.54, 1.807) is 6.92 Å². The fraction of sp³-hybridized carbons (Fsp3) is 0.867. The number of halogens is 1. The summed E-state index contributed by atoms with van der Waals surface area (Å²) in [5.41, 5.74) is 5.73. The van der Waals surface area contributed by atoms with Gasteiger partial charge in [-0.15, -0.1) is 12.4 Å². The van der Waals surface area contributed by atoms with Crippen LogP contribution in [0.2, 0.25) is 0 Å². The molecular formula is C15H28ClN3O2. The fourth-order valence-corrected chi connectivity index (χ4v) is 3.49. The van der Waals surface area contributed by atoms with E-state index in [0.29, 0.717) is 18.4 Å². The SMILES string of the molecule is CC(=O)N1CCC(CNC(=O)[C@@H]2CCC[C@@H]2CN)CC1.Cl. The molecule has 122 valence electrons. The number of hydrogen-bond acceptors (Lipinski definition) is 3. The third kappa shape index (κ3) is 4.85. The lowest BCUT2D eigenvalue weighted by molar-refractivity contribution is -0.130. The van der Waals surface area contributed by atoms with Crippen LogP contribution in [0.5, 0.6) is 0 Å². The van der Waals surface area contributed by atoms with Gasteiger partial charge in [0.25, 0.3) is 0 Å². The van der Waals surface area contributed by atoms with E-state index in [4.69, 9.17) is 5.73 Å². The Balaban J connectivity index is 0.00000220. The monoisotopic (exact) mass is 317 g/mol. The van der Waals surface area contributed by atoms with Crippen molar-refractivity contribution in [2.45, 2.75) is 39.0 Å². The van der Waals surface area contributed by atoms with E-state index in [2.05, 4.69) is 5.32 Å². The number of carbonyl (C=O) groups excluding carboxylic acids is 2. The zero-order valence-corrected chi connectivity index (χ0v) is 13.7. The minimum atomic E-state index is 0. The molecule has 0 aromatic heterocycles. The van der Waals surface area contributed by atoms with Crippen LogP contribution in [0.15, 0.2) is 0 Å². The smallest absolute Gasteiger partial charge is 0.223 e. The van der Waals surface area contributed by atoms with Crippen LogP contribution in [0.25, 0.3) is 0 Å². The first-order valence-electron chi connectivity index (χ1n) is 7.85. The van der Waals surface area contributed by atoms with Gasteiger partial charge in [0.2, 0.25) is 11.8 Å². The number of nitrogens with two attached hydrogens (primary N) is 1. The van der Waals surface area contributed by atoms with Crippen LogP contribution in [0.4, 0.5) is 0 Å². The number of nitrogens with zero attached hydrogens (tertiary/aromatic N) is 1. The predicted molar refractivity (Wildman–Crippen MR) is 85.1 cm³/mol. The molecule has 6 heteroatoms. The summed E-state index contributed by atoms with van der Waals surface area (Å²) in [5.74, 6) is 1.34. The summed E-state index contributed by atoms with van der Waals surface area (Å²) in [6.45, 7) is 4.64. The Morgan fingerprint density at radius 1 is 1.19 bits per heavy atom. The third-order valence-electron chi connectivity index (χ3n) is 4.92. The summed E-state index contributed by atoms with van der Waals surface area (Å²) >= 11 is 0. The summed E-state index contributed by atoms with van der Waals surface area (Å²) in [6.07, 6.45) is 5.18. The van der Waals surface area contributed by atoms with E-state index >= 15 is 0 Å². The Morgan fingerprint density at radius 3 is 2.43 bits per heavy atom. The molecule has 2 amide bonds. The summed E-state index contributed by atoms with van der Waals surface area (Å²) < 4.78 is 0. The first kappa shape index (κ1) is 18.2. The van der Waals surface area contributed by atoms with Crippen LogP contribution >= 0.6 is 12.4 Å².